The van der Waals surface area contributed by atoms with Crippen molar-refractivity contribution in [3.05, 3.63) is 24.3 Å². The van der Waals surface area contributed by atoms with Crippen LogP contribution >= 0.6 is 0 Å². The van der Waals surface area contributed by atoms with Gasteiger partial charge in [0.05, 0.1) is 6.10 Å². The van der Waals surface area contributed by atoms with E-state index in [4.69, 9.17) is 9.47 Å². The van der Waals surface area contributed by atoms with Crippen molar-refractivity contribution in [2.45, 2.75) is 85.8 Å². The molecule has 1 amide bonds. The van der Waals surface area contributed by atoms with Crippen LogP contribution in [-0.4, -0.2) is 41.6 Å². The number of nitrogens with one attached hydrogen (secondary N) is 1. The maximum absolute atomic E-state index is 12.5. The first-order valence-corrected chi connectivity index (χ1v) is 10.6. The van der Waals surface area contributed by atoms with Gasteiger partial charge in [-0.1, -0.05) is 57.9 Å². The third-order valence-electron chi connectivity index (χ3n) is 6.32. The molecule has 2 N–H and O–H groups in total. The third-order valence-corrected chi connectivity index (χ3v) is 6.32. The Morgan fingerprint density at radius 2 is 1.57 bits per heavy atom. The molecule has 0 radical (unpaired) electrons. The molecule has 1 aromatic carbocycles. The monoisotopic (exact) mass is 417 g/mol. The highest BCUT2D eigenvalue weighted by Gasteiger charge is 2.48. The standard InChI is InChI=1S/C23H36BNO5/c1-15(26)18(25-20(28)30-21(2,3)4)19(27)29-17-11-9-16(10-12-17)24-13-22(5,6)23(7,8)14-24/h9-12,15,18,26H,13-14H2,1-8H3,(H,25,28)/t15-,18+/m1/s1. The minimum Gasteiger partial charge on any atom is -0.444 e. The van der Waals surface area contributed by atoms with E-state index in [0.29, 0.717) is 12.5 Å². The normalized spacial score (nSPS) is 19.7. The van der Waals surface area contributed by atoms with Gasteiger partial charge in [-0.15, -0.1) is 0 Å². The van der Waals surface area contributed by atoms with Crippen LogP contribution in [0.1, 0.15) is 55.4 Å². The fraction of sp³-hybridized carbons (Fsp3) is 0.652. The quantitative estimate of drug-likeness (QED) is 0.434. The molecule has 1 heterocycles. The van der Waals surface area contributed by atoms with Crippen molar-refractivity contribution in [1.82, 2.24) is 5.32 Å². The molecule has 1 aliphatic heterocycles. The van der Waals surface area contributed by atoms with Gasteiger partial charge < -0.3 is 19.9 Å². The van der Waals surface area contributed by atoms with Gasteiger partial charge in [0.15, 0.2) is 12.8 Å². The Hall–Kier alpha value is -2.02. The molecule has 6 nitrogen and oxygen atoms in total. The summed E-state index contributed by atoms with van der Waals surface area (Å²) in [6.07, 6.45) is 0.311. The Kier molecular flexibility index (Phi) is 6.97. The molecule has 1 aliphatic rings. The number of benzene rings is 1. The van der Waals surface area contributed by atoms with Crippen LogP contribution in [-0.2, 0) is 9.53 Å². The van der Waals surface area contributed by atoms with E-state index in [-0.39, 0.29) is 10.8 Å². The number of esters is 1. The number of alkyl carbamates (subject to hydrolysis) is 1. The Balaban J connectivity index is 2.03. The van der Waals surface area contributed by atoms with E-state index >= 15 is 0 Å². The van der Waals surface area contributed by atoms with E-state index in [1.54, 1.807) is 32.9 Å². The number of amides is 1. The number of carbonyl (C=O) groups excluding carboxylic acids is 2. The molecular weight excluding hydrogens is 381 g/mol. The molecule has 0 unspecified atom stereocenters. The van der Waals surface area contributed by atoms with Crippen molar-refractivity contribution >= 4 is 24.2 Å². The minimum absolute atomic E-state index is 0.265. The van der Waals surface area contributed by atoms with Crippen LogP contribution in [0.25, 0.3) is 0 Å². The van der Waals surface area contributed by atoms with Crippen molar-refractivity contribution in [3.63, 3.8) is 0 Å². The summed E-state index contributed by atoms with van der Waals surface area (Å²) in [6, 6.07) is 6.28. The second kappa shape index (κ2) is 8.62. The van der Waals surface area contributed by atoms with Crippen molar-refractivity contribution in [2.24, 2.45) is 10.8 Å². The van der Waals surface area contributed by atoms with E-state index in [1.165, 1.54) is 12.4 Å². The average molecular weight is 417 g/mol. The first kappa shape index (κ1) is 24.3. The molecule has 2 rings (SSSR count). The predicted molar refractivity (Wildman–Crippen MR) is 119 cm³/mol. The summed E-state index contributed by atoms with van der Waals surface area (Å²) in [4.78, 5) is 24.5. The lowest BCUT2D eigenvalue weighted by Gasteiger charge is -2.35. The Morgan fingerprint density at radius 3 is 2.00 bits per heavy atom. The van der Waals surface area contributed by atoms with Gasteiger partial charge in [0.1, 0.15) is 11.4 Å². The molecule has 166 valence electrons. The zero-order valence-electron chi connectivity index (χ0n) is 19.5. The van der Waals surface area contributed by atoms with Gasteiger partial charge >= 0.3 is 12.1 Å². The highest BCUT2D eigenvalue weighted by atomic mass is 16.6. The summed E-state index contributed by atoms with van der Waals surface area (Å²) < 4.78 is 10.6. The zero-order valence-corrected chi connectivity index (χ0v) is 19.5. The van der Waals surface area contributed by atoms with E-state index in [2.05, 4.69) is 33.0 Å². The number of rotatable bonds is 5. The molecular formula is C23H36BNO5. The number of hydrogen-bond donors (Lipinski definition) is 2. The first-order chi connectivity index (χ1) is 13.6. The van der Waals surface area contributed by atoms with Crippen LogP contribution in [0.15, 0.2) is 24.3 Å². The molecule has 0 aromatic heterocycles. The molecule has 30 heavy (non-hydrogen) atoms. The van der Waals surface area contributed by atoms with Gasteiger partial charge in [-0.3, -0.25) is 0 Å². The van der Waals surface area contributed by atoms with Gasteiger partial charge in [0.25, 0.3) is 0 Å². The van der Waals surface area contributed by atoms with Crippen LogP contribution in [0.3, 0.4) is 0 Å². The maximum atomic E-state index is 12.5. The largest absolute Gasteiger partial charge is 0.444 e. The number of hydrogen-bond acceptors (Lipinski definition) is 5. The molecule has 2 atom stereocenters. The molecule has 0 bridgehead atoms. The van der Waals surface area contributed by atoms with Crippen LogP contribution in [0.4, 0.5) is 4.79 Å². The van der Waals surface area contributed by atoms with Gasteiger partial charge in [0, 0.05) is 0 Å². The van der Waals surface area contributed by atoms with Gasteiger partial charge in [-0.05, 0) is 50.7 Å². The fourth-order valence-corrected chi connectivity index (χ4v) is 3.89. The smallest absolute Gasteiger partial charge is 0.408 e. The lowest BCUT2D eigenvalue weighted by molar-refractivity contribution is -0.139. The predicted octanol–water partition coefficient (Wildman–Crippen LogP) is 3.63. The van der Waals surface area contributed by atoms with Gasteiger partial charge in [-0.25, -0.2) is 9.59 Å². The van der Waals surface area contributed by atoms with Crippen LogP contribution < -0.4 is 15.5 Å². The fourth-order valence-electron chi connectivity index (χ4n) is 3.89. The molecule has 1 fully saturated rings. The summed E-state index contributed by atoms with van der Waals surface area (Å²) in [5.41, 5.74) is 1.05. The second-order valence-corrected chi connectivity index (χ2v) is 10.7. The number of aliphatic hydroxyl groups excluding tert-OH is 1. The number of aliphatic hydroxyl groups is 1. The maximum Gasteiger partial charge on any atom is 0.408 e. The number of ether oxygens (including phenoxy) is 2. The second-order valence-electron chi connectivity index (χ2n) is 10.7. The summed E-state index contributed by atoms with van der Waals surface area (Å²) in [5, 5.41) is 12.3. The zero-order chi connectivity index (χ0) is 22.9. The van der Waals surface area contributed by atoms with Crippen molar-refractivity contribution < 1.29 is 24.2 Å². The first-order valence-electron chi connectivity index (χ1n) is 10.6. The molecule has 1 saturated heterocycles. The lowest BCUT2D eigenvalue weighted by atomic mass is 9.42. The van der Waals surface area contributed by atoms with Gasteiger partial charge in [-0.2, -0.15) is 0 Å². The average Bonchev–Trinajstić information content (AvgIpc) is 2.79. The molecule has 0 spiro atoms. The lowest BCUT2D eigenvalue weighted by Crippen LogP contribution is -2.50. The van der Waals surface area contributed by atoms with E-state index in [9.17, 15) is 14.7 Å². The van der Waals surface area contributed by atoms with E-state index in [1.807, 2.05) is 12.1 Å². The summed E-state index contributed by atoms with van der Waals surface area (Å²) in [6.45, 7) is 16.3. The van der Waals surface area contributed by atoms with Crippen molar-refractivity contribution in [2.75, 3.05) is 0 Å². The van der Waals surface area contributed by atoms with E-state index < -0.39 is 29.8 Å². The van der Waals surface area contributed by atoms with Crippen LogP contribution in [0.5, 0.6) is 5.75 Å². The summed E-state index contributed by atoms with van der Waals surface area (Å²) in [7, 11) is 0. The van der Waals surface area contributed by atoms with Crippen molar-refractivity contribution in [3.8, 4) is 5.75 Å². The Labute approximate surface area is 180 Å². The third kappa shape index (κ3) is 6.00. The van der Waals surface area contributed by atoms with Crippen LogP contribution in [0, 0.1) is 10.8 Å². The molecule has 7 heteroatoms. The van der Waals surface area contributed by atoms with Crippen molar-refractivity contribution in [1.29, 1.82) is 0 Å². The minimum atomic E-state index is -1.23. The molecule has 0 saturated carbocycles. The van der Waals surface area contributed by atoms with Crippen LogP contribution in [0.2, 0.25) is 12.6 Å². The molecule has 1 aromatic rings. The highest BCUT2D eigenvalue weighted by molar-refractivity contribution is 6.74. The highest BCUT2D eigenvalue weighted by Crippen LogP contribution is 2.52. The summed E-state index contributed by atoms with van der Waals surface area (Å²) in [5.74, 6) is -0.372. The Morgan fingerprint density at radius 1 is 1.07 bits per heavy atom. The van der Waals surface area contributed by atoms with Gasteiger partial charge in [0.2, 0.25) is 0 Å². The number of carbonyl (C=O) groups is 2. The topological polar surface area (TPSA) is 84.9 Å². The summed E-state index contributed by atoms with van der Waals surface area (Å²) >= 11 is 0. The SMILES string of the molecule is C[C@@H](O)[C@H](NC(=O)OC(C)(C)C)C(=O)Oc1ccc(B2CC(C)(C)C(C)(C)C2)cc1. The molecule has 0 aliphatic carbocycles. The Bertz CT molecular complexity index is 749. The van der Waals surface area contributed by atoms with E-state index in [0.717, 1.165) is 12.6 Å².